The van der Waals surface area contributed by atoms with Crippen LogP contribution in [0.1, 0.15) is 61.9 Å². The van der Waals surface area contributed by atoms with Gasteiger partial charge in [-0.25, -0.2) is 0 Å². The van der Waals surface area contributed by atoms with Crippen molar-refractivity contribution in [2.45, 2.75) is 76.6 Å². The summed E-state index contributed by atoms with van der Waals surface area (Å²) in [6.07, 6.45) is 7.44. The third-order valence-electron chi connectivity index (χ3n) is 10.6. The number of halogens is 2. The SMILES string of the molecule is CC(C)N1CCN([C@H]2C[C@@H](CO[C@H]3CC[C@H](C=O)CC3)N(C(=O)Cc3cc(Cl)c(NC(=O)c4cn(C)c5ccccc45)cc3Cl)C2)CC1. The summed E-state index contributed by atoms with van der Waals surface area (Å²) in [7, 11) is 1.90. The van der Waals surface area contributed by atoms with Gasteiger partial charge in [-0.2, -0.15) is 0 Å². The quantitative estimate of drug-likeness (QED) is 0.260. The molecule has 6 rings (SSSR count). The minimum Gasteiger partial charge on any atom is -0.376 e. The van der Waals surface area contributed by atoms with E-state index in [1.165, 1.54) is 0 Å². The fourth-order valence-electron chi connectivity index (χ4n) is 7.67. The van der Waals surface area contributed by atoms with Gasteiger partial charge in [-0.15, -0.1) is 0 Å². The molecule has 2 amide bonds. The van der Waals surface area contributed by atoms with Crippen LogP contribution < -0.4 is 5.32 Å². The molecule has 2 saturated heterocycles. The van der Waals surface area contributed by atoms with E-state index in [4.69, 9.17) is 27.9 Å². The maximum absolute atomic E-state index is 14.0. The van der Waals surface area contributed by atoms with E-state index in [1.807, 2.05) is 40.8 Å². The number of likely N-dealkylation sites (tertiary alicyclic amines) is 1. The number of rotatable bonds is 10. The van der Waals surface area contributed by atoms with Crippen molar-refractivity contribution in [2.24, 2.45) is 13.0 Å². The monoisotopic (exact) mass is 695 g/mol. The Balaban J connectivity index is 1.13. The first-order chi connectivity index (χ1) is 23.1. The predicted octanol–water partition coefficient (Wildman–Crippen LogP) is 6.05. The first-order valence-corrected chi connectivity index (χ1v) is 18.0. The molecule has 1 saturated carbocycles. The molecule has 3 aromatic rings. The average Bonchev–Trinajstić information content (AvgIpc) is 3.68. The lowest BCUT2D eigenvalue weighted by atomic mass is 9.88. The largest absolute Gasteiger partial charge is 0.376 e. The number of amides is 2. The molecule has 258 valence electrons. The van der Waals surface area contributed by atoms with Gasteiger partial charge in [0.25, 0.3) is 5.91 Å². The summed E-state index contributed by atoms with van der Waals surface area (Å²) in [6, 6.07) is 11.8. The van der Waals surface area contributed by atoms with Gasteiger partial charge in [0, 0.05) is 79.9 Å². The second kappa shape index (κ2) is 15.3. The highest BCUT2D eigenvalue weighted by Gasteiger charge is 2.39. The second-order valence-electron chi connectivity index (χ2n) is 14.0. The summed E-state index contributed by atoms with van der Waals surface area (Å²) in [5.74, 6) is -0.159. The molecule has 2 aromatic carbocycles. The molecular weight excluding hydrogens is 649 g/mol. The Hall–Kier alpha value is -2.95. The molecule has 2 atom stereocenters. The Morgan fingerprint density at radius 2 is 1.75 bits per heavy atom. The lowest BCUT2D eigenvalue weighted by Gasteiger charge is -2.39. The third kappa shape index (κ3) is 7.76. The van der Waals surface area contributed by atoms with Crippen LogP contribution in [0.25, 0.3) is 10.9 Å². The highest BCUT2D eigenvalue weighted by molar-refractivity contribution is 6.36. The van der Waals surface area contributed by atoms with Gasteiger partial charge in [0.15, 0.2) is 0 Å². The molecule has 9 nitrogen and oxygen atoms in total. The minimum atomic E-state index is -0.284. The molecule has 1 aliphatic carbocycles. The second-order valence-corrected chi connectivity index (χ2v) is 14.8. The van der Waals surface area contributed by atoms with Crippen molar-refractivity contribution < 1.29 is 19.1 Å². The molecule has 1 aromatic heterocycles. The zero-order valence-electron chi connectivity index (χ0n) is 28.2. The number of hydrogen-bond donors (Lipinski definition) is 1. The van der Waals surface area contributed by atoms with Gasteiger partial charge in [-0.1, -0.05) is 41.4 Å². The van der Waals surface area contributed by atoms with E-state index >= 15 is 0 Å². The predicted molar refractivity (Wildman–Crippen MR) is 191 cm³/mol. The minimum absolute atomic E-state index is 0.0120. The van der Waals surface area contributed by atoms with Gasteiger partial charge >= 0.3 is 0 Å². The van der Waals surface area contributed by atoms with Crippen LogP contribution in [-0.4, -0.2) is 101 Å². The van der Waals surface area contributed by atoms with Crippen molar-refractivity contribution in [2.75, 3.05) is 44.6 Å². The van der Waals surface area contributed by atoms with Crippen molar-refractivity contribution >= 4 is 57.9 Å². The summed E-state index contributed by atoms with van der Waals surface area (Å²) in [6.45, 7) is 9.65. The smallest absolute Gasteiger partial charge is 0.257 e. The van der Waals surface area contributed by atoms with E-state index in [2.05, 4.69) is 29.0 Å². The topological polar surface area (TPSA) is 87.1 Å². The highest BCUT2D eigenvalue weighted by Crippen LogP contribution is 2.33. The number of aldehydes is 1. The number of anilines is 1. The van der Waals surface area contributed by atoms with Crippen molar-refractivity contribution in [3.8, 4) is 0 Å². The van der Waals surface area contributed by atoms with Crippen molar-refractivity contribution in [1.82, 2.24) is 19.3 Å². The highest BCUT2D eigenvalue weighted by atomic mass is 35.5. The van der Waals surface area contributed by atoms with Gasteiger partial charge in [0.2, 0.25) is 5.91 Å². The number of para-hydroxylation sites is 1. The summed E-state index contributed by atoms with van der Waals surface area (Å²) in [5.41, 5.74) is 2.51. The molecule has 0 radical (unpaired) electrons. The number of benzene rings is 2. The molecule has 11 heteroatoms. The van der Waals surface area contributed by atoms with Crippen LogP contribution >= 0.6 is 23.2 Å². The van der Waals surface area contributed by atoms with E-state index < -0.39 is 0 Å². The van der Waals surface area contributed by atoms with Crippen LogP contribution in [-0.2, 0) is 27.8 Å². The Labute approximate surface area is 293 Å². The fraction of sp³-hybridized carbons (Fsp3) is 0.541. The van der Waals surface area contributed by atoms with Gasteiger partial charge < -0.3 is 24.3 Å². The number of fused-ring (bicyclic) bond motifs is 1. The van der Waals surface area contributed by atoms with Crippen LogP contribution in [0.15, 0.2) is 42.6 Å². The molecule has 0 spiro atoms. The summed E-state index contributed by atoms with van der Waals surface area (Å²) >= 11 is 13.4. The third-order valence-corrected chi connectivity index (χ3v) is 11.3. The number of aromatic nitrogens is 1. The summed E-state index contributed by atoms with van der Waals surface area (Å²) in [4.78, 5) is 45.5. The lowest BCUT2D eigenvalue weighted by Crippen LogP contribution is -2.52. The van der Waals surface area contributed by atoms with Crippen LogP contribution in [0.2, 0.25) is 10.0 Å². The molecule has 3 aliphatic rings. The number of ether oxygens (including phenoxy) is 1. The maximum Gasteiger partial charge on any atom is 0.257 e. The zero-order chi connectivity index (χ0) is 33.9. The van der Waals surface area contributed by atoms with E-state index in [-0.39, 0.29) is 42.3 Å². The molecule has 48 heavy (non-hydrogen) atoms. The van der Waals surface area contributed by atoms with E-state index in [9.17, 15) is 14.4 Å². The van der Waals surface area contributed by atoms with Crippen LogP contribution in [0.4, 0.5) is 5.69 Å². The van der Waals surface area contributed by atoms with Gasteiger partial charge in [-0.05, 0) is 69.7 Å². The summed E-state index contributed by atoms with van der Waals surface area (Å²) < 4.78 is 8.32. The maximum atomic E-state index is 14.0. The number of carbonyl (C=O) groups is 3. The normalized spacial score (nSPS) is 24.0. The number of nitrogens with one attached hydrogen (secondary N) is 1. The Bertz CT molecular complexity index is 1630. The van der Waals surface area contributed by atoms with Crippen LogP contribution in [0.5, 0.6) is 0 Å². The number of nitrogens with zero attached hydrogens (tertiary/aromatic N) is 4. The molecule has 0 bridgehead atoms. The first-order valence-electron chi connectivity index (χ1n) is 17.3. The molecular formula is C37H47Cl2N5O4. The Kier molecular flexibility index (Phi) is 11.1. The van der Waals surface area contributed by atoms with Crippen LogP contribution in [0, 0.1) is 5.92 Å². The fourth-order valence-corrected chi connectivity index (χ4v) is 8.14. The van der Waals surface area contributed by atoms with Gasteiger partial charge in [0.1, 0.15) is 6.29 Å². The van der Waals surface area contributed by atoms with Gasteiger partial charge in [0.05, 0.1) is 41.4 Å². The van der Waals surface area contributed by atoms with Crippen molar-refractivity contribution in [3.63, 3.8) is 0 Å². The molecule has 0 unspecified atom stereocenters. The van der Waals surface area contributed by atoms with E-state index in [0.29, 0.717) is 46.1 Å². The Morgan fingerprint density at radius 1 is 1.02 bits per heavy atom. The lowest BCUT2D eigenvalue weighted by molar-refractivity contribution is -0.133. The molecule has 3 heterocycles. The molecule has 1 N–H and O–H groups in total. The van der Waals surface area contributed by atoms with Crippen molar-refractivity contribution in [1.29, 1.82) is 0 Å². The number of piperazine rings is 1. The van der Waals surface area contributed by atoms with E-state index in [0.717, 1.165) is 75.5 Å². The van der Waals surface area contributed by atoms with Crippen molar-refractivity contribution in [3.05, 3.63) is 63.8 Å². The summed E-state index contributed by atoms with van der Waals surface area (Å²) in [5, 5.41) is 4.46. The number of hydrogen-bond acceptors (Lipinski definition) is 6. The Morgan fingerprint density at radius 3 is 2.46 bits per heavy atom. The number of carbonyl (C=O) groups excluding carboxylic acids is 3. The van der Waals surface area contributed by atoms with E-state index in [1.54, 1.807) is 18.3 Å². The zero-order valence-corrected chi connectivity index (χ0v) is 29.7. The molecule has 3 fully saturated rings. The van der Waals surface area contributed by atoms with Crippen LogP contribution in [0.3, 0.4) is 0 Å². The standard InChI is InChI=1S/C37H47Cl2N5O4/c1-24(2)42-12-14-43(15-13-42)27-18-28(23-48-29-10-8-25(22-45)9-11-29)44(20-27)36(46)17-26-16-33(39)34(19-32(26)38)40-37(47)31-21-41(3)35-7-5-4-6-30(31)35/h4-7,16,19,21-22,24-25,27-29H,8-15,17-18,20,23H2,1-3H3,(H,40,47)/t25-,27-,28-,29-/m0/s1. The first kappa shape index (κ1) is 34.9. The molecule has 2 aliphatic heterocycles. The number of aryl methyl sites for hydroxylation is 1. The average molecular weight is 697 g/mol. The van der Waals surface area contributed by atoms with Gasteiger partial charge in [-0.3, -0.25) is 19.4 Å².